The Bertz CT molecular complexity index is 802. The van der Waals surface area contributed by atoms with Crippen molar-refractivity contribution in [1.82, 2.24) is 10.3 Å². The fourth-order valence-electron chi connectivity index (χ4n) is 2.76. The quantitative estimate of drug-likeness (QED) is 0.745. The summed E-state index contributed by atoms with van der Waals surface area (Å²) in [5, 5.41) is 6.29. The molecule has 114 valence electrons. The van der Waals surface area contributed by atoms with Gasteiger partial charge in [0.25, 0.3) is 5.91 Å². The maximum atomic E-state index is 12.6. The van der Waals surface area contributed by atoms with Gasteiger partial charge in [-0.05, 0) is 43.8 Å². The summed E-state index contributed by atoms with van der Waals surface area (Å²) in [4.78, 5) is 17.2. The largest absolute Gasteiger partial charge is 0.358 e. The molecule has 22 heavy (non-hydrogen) atoms. The van der Waals surface area contributed by atoms with E-state index in [0.717, 1.165) is 23.0 Å². The first-order chi connectivity index (χ1) is 10.6. The summed E-state index contributed by atoms with van der Waals surface area (Å²) in [6.45, 7) is 6.16. The van der Waals surface area contributed by atoms with Crippen molar-refractivity contribution < 1.29 is 4.79 Å². The molecule has 0 aliphatic rings. The average Bonchev–Trinajstić information content (AvgIpc) is 3.08. The van der Waals surface area contributed by atoms with E-state index in [0.29, 0.717) is 5.56 Å². The van der Waals surface area contributed by atoms with Crippen LogP contribution in [0.5, 0.6) is 0 Å². The molecule has 3 nitrogen and oxygen atoms in total. The molecule has 1 atom stereocenters. The third-order valence-electron chi connectivity index (χ3n) is 4.05. The Morgan fingerprint density at radius 2 is 2.09 bits per heavy atom. The minimum atomic E-state index is -0.0177. The van der Waals surface area contributed by atoms with Crippen molar-refractivity contribution in [3.63, 3.8) is 0 Å². The number of aromatic nitrogens is 1. The molecular formula is C18H20N2OS. The molecule has 0 bridgehead atoms. The van der Waals surface area contributed by atoms with Gasteiger partial charge < -0.3 is 10.3 Å². The minimum absolute atomic E-state index is 0.0177. The molecule has 3 aromatic rings. The van der Waals surface area contributed by atoms with Gasteiger partial charge in [-0.2, -0.15) is 0 Å². The molecule has 2 heterocycles. The second kappa shape index (κ2) is 5.97. The minimum Gasteiger partial charge on any atom is -0.358 e. The highest BCUT2D eigenvalue weighted by molar-refractivity contribution is 7.09. The van der Waals surface area contributed by atoms with E-state index in [-0.39, 0.29) is 11.9 Å². The number of aromatic amines is 1. The Hall–Kier alpha value is -2.07. The lowest BCUT2D eigenvalue weighted by molar-refractivity contribution is 0.0942. The van der Waals surface area contributed by atoms with Crippen molar-refractivity contribution in [2.75, 3.05) is 0 Å². The number of amides is 1. The number of nitrogens with one attached hydrogen (secondary N) is 2. The predicted molar refractivity (Wildman–Crippen MR) is 92.7 cm³/mol. The van der Waals surface area contributed by atoms with E-state index in [2.05, 4.69) is 34.7 Å². The van der Waals surface area contributed by atoms with Crippen molar-refractivity contribution in [2.45, 2.75) is 33.2 Å². The first kappa shape index (κ1) is 14.9. The number of H-pyrrole nitrogens is 1. The molecule has 2 N–H and O–H groups in total. The molecule has 2 aromatic heterocycles. The number of carbonyl (C=O) groups excluding carboxylic acids is 1. The summed E-state index contributed by atoms with van der Waals surface area (Å²) < 4.78 is 0. The van der Waals surface area contributed by atoms with Crippen molar-refractivity contribution >= 4 is 28.1 Å². The zero-order chi connectivity index (χ0) is 15.7. The highest BCUT2D eigenvalue weighted by Crippen LogP contribution is 2.24. The van der Waals surface area contributed by atoms with Gasteiger partial charge in [-0.1, -0.05) is 18.2 Å². The van der Waals surface area contributed by atoms with E-state index in [9.17, 15) is 4.79 Å². The topological polar surface area (TPSA) is 44.9 Å². The standard InChI is InChI=1S/C18H20N2OS/c1-11(10-14-6-5-9-22-14)19-18(21)16-8-4-7-15-12(2)13(3)20-17(15)16/h4-9,11,20H,10H2,1-3H3,(H,19,21). The third kappa shape index (κ3) is 2.79. The van der Waals surface area contributed by atoms with Gasteiger partial charge in [-0.25, -0.2) is 0 Å². The fourth-order valence-corrected chi connectivity index (χ4v) is 3.59. The van der Waals surface area contributed by atoms with Crippen LogP contribution in [-0.4, -0.2) is 16.9 Å². The van der Waals surface area contributed by atoms with Crippen LogP contribution in [0.1, 0.15) is 33.4 Å². The van der Waals surface area contributed by atoms with Gasteiger partial charge >= 0.3 is 0 Å². The summed E-state index contributed by atoms with van der Waals surface area (Å²) in [7, 11) is 0. The molecule has 1 amide bonds. The molecule has 1 aromatic carbocycles. The molecule has 0 spiro atoms. The molecule has 0 saturated heterocycles. The van der Waals surface area contributed by atoms with Crippen LogP contribution in [0, 0.1) is 13.8 Å². The van der Waals surface area contributed by atoms with Crippen LogP contribution in [0.25, 0.3) is 10.9 Å². The van der Waals surface area contributed by atoms with Gasteiger partial charge in [-0.15, -0.1) is 11.3 Å². The fraction of sp³-hybridized carbons (Fsp3) is 0.278. The summed E-state index contributed by atoms with van der Waals surface area (Å²) in [5.74, 6) is -0.0177. The van der Waals surface area contributed by atoms with E-state index < -0.39 is 0 Å². The zero-order valence-corrected chi connectivity index (χ0v) is 13.9. The molecule has 4 heteroatoms. The highest BCUT2D eigenvalue weighted by atomic mass is 32.1. The molecule has 1 unspecified atom stereocenters. The van der Waals surface area contributed by atoms with E-state index in [1.165, 1.54) is 10.4 Å². The Morgan fingerprint density at radius 3 is 2.82 bits per heavy atom. The van der Waals surface area contributed by atoms with Crippen LogP contribution in [0.4, 0.5) is 0 Å². The molecule has 0 aliphatic carbocycles. The second-order valence-electron chi connectivity index (χ2n) is 5.76. The maximum Gasteiger partial charge on any atom is 0.253 e. The van der Waals surface area contributed by atoms with Gasteiger partial charge in [0.15, 0.2) is 0 Å². The number of aryl methyl sites for hydroxylation is 2. The molecule has 3 rings (SSSR count). The number of para-hydroxylation sites is 1. The first-order valence-corrected chi connectivity index (χ1v) is 8.35. The van der Waals surface area contributed by atoms with Crippen LogP contribution in [-0.2, 0) is 6.42 Å². The number of thiophene rings is 1. The van der Waals surface area contributed by atoms with Gasteiger partial charge in [0.1, 0.15) is 0 Å². The Kier molecular flexibility index (Phi) is 4.03. The lowest BCUT2D eigenvalue weighted by atomic mass is 10.1. The van der Waals surface area contributed by atoms with Crippen molar-refractivity contribution in [3.05, 3.63) is 57.4 Å². The van der Waals surface area contributed by atoms with Gasteiger partial charge in [-0.3, -0.25) is 4.79 Å². The Labute approximate surface area is 134 Å². The number of hydrogen-bond acceptors (Lipinski definition) is 2. The molecular weight excluding hydrogens is 292 g/mol. The van der Waals surface area contributed by atoms with E-state index in [4.69, 9.17) is 0 Å². The van der Waals surface area contributed by atoms with Crippen molar-refractivity contribution in [2.24, 2.45) is 0 Å². The second-order valence-corrected chi connectivity index (χ2v) is 6.79. The molecule has 0 saturated carbocycles. The number of hydrogen-bond donors (Lipinski definition) is 2. The summed E-state index contributed by atoms with van der Waals surface area (Å²) in [5.41, 5.74) is 3.96. The smallest absolute Gasteiger partial charge is 0.253 e. The molecule has 0 radical (unpaired) electrons. The van der Waals surface area contributed by atoms with Crippen LogP contribution < -0.4 is 5.32 Å². The van der Waals surface area contributed by atoms with E-state index in [1.54, 1.807) is 11.3 Å². The normalized spacial score (nSPS) is 12.5. The third-order valence-corrected chi connectivity index (χ3v) is 4.95. The van der Waals surface area contributed by atoms with Crippen LogP contribution in [0.2, 0.25) is 0 Å². The Morgan fingerprint density at radius 1 is 1.27 bits per heavy atom. The van der Waals surface area contributed by atoms with E-state index in [1.807, 2.05) is 32.0 Å². The molecule has 0 fully saturated rings. The van der Waals surface area contributed by atoms with Crippen LogP contribution in [0.3, 0.4) is 0 Å². The lowest BCUT2D eigenvalue weighted by Crippen LogP contribution is -2.34. The lowest BCUT2D eigenvalue weighted by Gasteiger charge is -2.13. The summed E-state index contributed by atoms with van der Waals surface area (Å²) in [6, 6.07) is 10.1. The summed E-state index contributed by atoms with van der Waals surface area (Å²) in [6.07, 6.45) is 0.863. The monoisotopic (exact) mass is 312 g/mol. The number of rotatable bonds is 4. The van der Waals surface area contributed by atoms with Gasteiger partial charge in [0.05, 0.1) is 11.1 Å². The average molecular weight is 312 g/mol. The molecule has 0 aliphatic heterocycles. The Balaban J connectivity index is 1.82. The van der Waals surface area contributed by atoms with Gasteiger partial charge in [0, 0.05) is 28.4 Å². The SMILES string of the molecule is Cc1[nH]c2c(C(=O)NC(C)Cc3cccs3)cccc2c1C. The number of carbonyl (C=O) groups is 1. The van der Waals surface area contributed by atoms with Crippen molar-refractivity contribution in [1.29, 1.82) is 0 Å². The maximum absolute atomic E-state index is 12.6. The first-order valence-electron chi connectivity index (χ1n) is 7.47. The predicted octanol–water partition coefficient (Wildman–Crippen LogP) is 4.21. The zero-order valence-electron chi connectivity index (χ0n) is 13.1. The number of fused-ring (bicyclic) bond motifs is 1. The van der Waals surface area contributed by atoms with Gasteiger partial charge in [0.2, 0.25) is 0 Å². The van der Waals surface area contributed by atoms with E-state index >= 15 is 0 Å². The summed E-state index contributed by atoms with van der Waals surface area (Å²) >= 11 is 1.72. The highest BCUT2D eigenvalue weighted by Gasteiger charge is 2.16. The van der Waals surface area contributed by atoms with Crippen LogP contribution in [0.15, 0.2) is 35.7 Å². The van der Waals surface area contributed by atoms with Crippen LogP contribution >= 0.6 is 11.3 Å². The number of benzene rings is 1. The van der Waals surface area contributed by atoms with Crippen molar-refractivity contribution in [3.8, 4) is 0 Å².